The van der Waals surface area contributed by atoms with E-state index >= 15 is 0 Å². The van der Waals surface area contributed by atoms with Crippen molar-refractivity contribution in [2.75, 3.05) is 0 Å². The highest BCUT2D eigenvalue weighted by atomic mass is 16.5. The molecule has 0 aliphatic carbocycles. The van der Waals surface area contributed by atoms with Crippen LogP contribution < -0.4 is 4.74 Å². The Bertz CT molecular complexity index is 1260. The Kier molecular flexibility index (Phi) is 4.02. The molecule has 0 aliphatic heterocycles. The van der Waals surface area contributed by atoms with Gasteiger partial charge in [0.25, 0.3) is 0 Å². The molecule has 3 heterocycles. The van der Waals surface area contributed by atoms with Gasteiger partial charge in [-0.15, -0.1) is 0 Å². The molecule has 0 unspecified atom stereocenters. The number of rotatable bonds is 4. The Morgan fingerprint density at radius 3 is 2.64 bits per heavy atom. The van der Waals surface area contributed by atoms with Crippen LogP contribution >= 0.6 is 0 Å². The van der Waals surface area contributed by atoms with Gasteiger partial charge in [-0.05, 0) is 60.9 Å². The molecule has 1 N–H and O–H groups in total. The topological polar surface area (TPSA) is 50.8 Å². The molecule has 4 nitrogen and oxygen atoms in total. The zero-order chi connectivity index (χ0) is 18.9. The van der Waals surface area contributed by atoms with Gasteiger partial charge in [0, 0.05) is 24.0 Å². The Morgan fingerprint density at radius 2 is 1.82 bits per heavy atom. The minimum absolute atomic E-state index is 0.793. The van der Waals surface area contributed by atoms with Gasteiger partial charge < -0.3 is 9.72 Å². The molecule has 0 bridgehead atoms. The van der Waals surface area contributed by atoms with Gasteiger partial charge in [0.1, 0.15) is 11.5 Å². The fourth-order valence-electron chi connectivity index (χ4n) is 3.65. The first-order valence-corrected chi connectivity index (χ1v) is 9.29. The molecule has 0 fully saturated rings. The van der Waals surface area contributed by atoms with Gasteiger partial charge in [-0.3, -0.25) is 9.97 Å². The molecular weight excluding hydrogens is 346 g/mol. The van der Waals surface area contributed by atoms with Crippen molar-refractivity contribution in [3.8, 4) is 11.5 Å². The van der Waals surface area contributed by atoms with E-state index in [0.717, 1.165) is 45.4 Å². The lowest BCUT2D eigenvalue weighted by Gasteiger charge is -2.10. The van der Waals surface area contributed by atoms with E-state index in [0.29, 0.717) is 0 Å². The van der Waals surface area contributed by atoms with Crippen LogP contribution in [0.3, 0.4) is 0 Å². The summed E-state index contributed by atoms with van der Waals surface area (Å²) in [6.07, 6.45) is 6.34. The summed E-state index contributed by atoms with van der Waals surface area (Å²) in [4.78, 5) is 12.2. The van der Waals surface area contributed by atoms with Crippen LogP contribution in [0.2, 0.25) is 0 Å². The molecule has 5 aromatic rings. The number of aromatic amines is 1. The van der Waals surface area contributed by atoms with E-state index in [4.69, 9.17) is 4.74 Å². The zero-order valence-electron chi connectivity index (χ0n) is 15.5. The summed E-state index contributed by atoms with van der Waals surface area (Å²) in [5, 5.41) is 2.21. The highest BCUT2D eigenvalue weighted by Crippen LogP contribution is 2.37. The van der Waals surface area contributed by atoms with Crippen molar-refractivity contribution in [1.29, 1.82) is 0 Å². The number of hydrogen-bond acceptors (Lipinski definition) is 3. The Labute approximate surface area is 162 Å². The second-order valence-electron chi connectivity index (χ2n) is 6.91. The number of benzene rings is 2. The van der Waals surface area contributed by atoms with Crippen LogP contribution in [0.4, 0.5) is 0 Å². The number of ether oxygens (including phenoxy) is 1. The molecule has 0 saturated carbocycles. The van der Waals surface area contributed by atoms with Crippen LogP contribution in [0.5, 0.6) is 11.5 Å². The second kappa shape index (κ2) is 6.82. The highest BCUT2D eigenvalue weighted by Gasteiger charge is 2.14. The zero-order valence-corrected chi connectivity index (χ0v) is 15.5. The Hall–Kier alpha value is -3.66. The number of fused-ring (bicyclic) bond motifs is 3. The molecular formula is C24H19N3O. The summed E-state index contributed by atoms with van der Waals surface area (Å²) in [5.74, 6) is 1.67. The SMILES string of the molecule is Cc1nccc2c1[nH]c1cc(Cc3cccnc3)cc(Oc3ccccc3)c12. The maximum Gasteiger partial charge on any atom is 0.137 e. The molecule has 0 spiro atoms. The number of aromatic nitrogens is 3. The van der Waals surface area contributed by atoms with Crippen molar-refractivity contribution in [3.05, 3.63) is 96.1 Å². The van der Waals surface area contributed by atoms with Crippen molar-refractivity contribution in [2.24, 2.45) is 0 Å². The van der Waals surface area contributed by atoms with Crippen molar-refractivity contribution < 1.29 is 4.74 Å². The molecule has 136 valence electrons. The minimum atomic E-state index is 0.793. The van der Waals surface area contributed by atoms with Crippen molar-refractivity contribution in [3.63, 3.8) is 0 Å². The third kappa shape index (κ3) is 2.99. The number of nitrogens with one attached hydrogen (secondary N) is 1. The van der Waals surface area contributed by atoms with E-state index < -0.39 is 0 Å². The van der Waals surface area contributed by atoms with E-state index in [-0.39, 0.29) is 0 Å². The number of aryl methyl sites for hydroxylation is 1. The summed E-state index contributed by atoms with van der Waals surface area (Å²) < 4.78 is 6.32. The molecule has 3 aromatic heterocycles. The number of hydrogen-bond donors (Lipinski definition) is 1. The molecule has 0 saturated heterocycles. The molecule has 2 aromatic carbocycles. The first kappa shape index (κ1) is 16.5. The fraction of sp³-hybridized carbons (Fsp3) is 0.0833. The maximum absolute atomic E-state index is 6.32. The largest absolute Gasteiger partial charge is 0.457 e. The van der Waals surface area contributed by atoms with Crippen LogP contribution in [0.25, 0.3) is 21.8 Å². The first-order chi connectivity index (χ1) is 13.8. The lowest BCUT2D eigenvalue weighted by atomic mass is 10.0. The summed E-state index contributed by atoms with van der Waals surface area (Å²) >= 11 is 0. The number of para-hydroxylation sites is 1. The third-order valence-electron chi connectivity index (χ3n) is 4.93. The molecule has 0 aliphatic rings. The Balaban J connectivity index is 1.70. The number of nitrogens with zero attached hydrogens (tertiary/aromatic N) is 2. The predicted molar refractivity (Wildman–Crippen MR) is 112 cm³/mol. The summed E-state index contributed by atoms with van der Waals surface area (Å²) in [6, 6.07) is 20.3. The Morgan fingerprint density at radius 1 is 0.929 bits per heavy atom. The standard InChI is InChI=1S/C24H19N3O/c1-16-24-20(9-11-26-16)23-21(27-24)13-18(12-17-6-5-10-25-15-17)14-22(23)28-19-7-3-2-4-8-19/h2-11,13-15,27H,12H2,1H3. The normalized spacial score (nSPS) is 11.2. The van der Waals surface area contributed by atoms with Crippen molar-refractivity contribution in [1.82, 2.24) is 15.0 Å². The highest BCUT2D eigenvalue weighted by molar-refractivity contribution is 6.11. The number of H-pyrrole nitrogens is 1. The summed E-state index contributed by atoms with van der Waals surface area (Å²) in [5.41, 5.74) is 5.42. The average molecular weight is 365 g/mol. The molecule has 0 amide bonds. The van der Waals surface area contributed by atoms with E-state index in [1.807, 2.05) is 61.8 Å². The van der Waals surface area contributed by atoms with Crippen molar-refractivity contribution in [2.45, 2.75) is 13.3 Å². The first-order valence-electron chi connectivity index (χ1n) is 9.29. The van der Waals surface area contributed by atoms with Crippen LogP contribution in [0, 0.1) is 6.92 Å². The molecule has 5 rings (SSSR count). The molecule has 0 atom stereocenters. The molecule has 28 heavy (non-hydrogen) atoms. The predicted octanol–water partition coefficient (Wildman–Crippen LogP) is 5.80. The van der Waals surface area contributed by atoms with E-state index in [9.17, 15) is 0 Å². The van der Waals surface area contributed by atoms with Crippen LogP contribution in [0.1, 0.15) is 16.8 Å². The minimum Gasteiger partial charge on any atom is -0.457 e. The second-order valence-corrected chi connectivity index (χ2v) is 6.91. The average Bonchev–Trinajstić information content (AvgIpc) is 3.10. The van der Waals surface area contributed by atoms with Gasteiger partial charge >= 0.3 is 0 Å². The van der Waals surface area contributed by atoms with Crippen LogP contribution in [-0.4, -0.2) is 15.0 Å². The number of pyridine rings is 2. The molecule has 4 heteroatoms. The summed E-state index contributed by atoms with van der Waals surface area (Å²) in [6.45, 7) is 2.02. The van der Waals surface area contributed by atoms with Gasteiger partial charge in [-0.1, -0.05) is 24.3 Å². The van der Waals surface area contributed by atoms with Gasteiger partial charge in [-0.25, -0.2) is 0 Å². The molecule has 0 radical (unpaired) electrons. The lowest BCUT2D eigenvalue weighted by Crippen LogP contribution is -1.92. The van der Waals surface area contributed by atoms with E-state index in [2.05, 4.69) is 33.2 Å². The van der Waals surface area contributed by atoms with Crippen LogP contribution in [-0.2, 0) is 6.42 Å². The lowest BCUT2D eigenvalue weighted by molar-refractivity contribution is 0.488. The van der Waals surface area contributed by atoms with Gasteiger partial charge in [0.2, 0.25) is 0 Å². The smallest absolute Gasteiger partial charge is 0.137 e. The van der Waals surface area contributed by atoms with E-state index in [1.54, 1.807) is 6.20 Å². The quantitative estimate of drug-likeness (QED) is 0.438. The van der Waals surface area contributed by atoms with E-state index in [1.165, 1.54) is 11.1 Å². The summed E-state index contributed by atoms with van der Waals surface area (Å²) in [7, 11) is 0. The van der Waals surface area contributed by atoms with Gasteiger partial charge in [0.15, 0.2) is 0 Å². The monoisotopic (exact) mass is 365 g/mol. The van der Waals surface area contributed by atoms with Gasteiger partial charge in [-0.2, -0.15) is 0 Å². The van der Waals surface area contributed by atoms with Crippen LogP contribution in [0.15, 0.2) is 79.3 Å². The van der Waals surface area contributed by atoms with Gasteiger partial charge in [0.05, 0.1) is 22.1 Å². The fourth-order valence-corrected chi connectivity index (χ4v) is 3.65. The maximum atomic E-state index is 6.32. The third-order valence-corrected chi connectivity index (χ3v) is 4.93. The van der Waals surface area contributed by atoms with Crippen molar-refractivity contribution >= 4 is 21.8 Å².